The molecule has 1 nitrogen and oxygen atoms in total. The molecule has 0 amide bonds. The Bertz CT molecular complexity index is 549. The Morgan fingerprint density at radius 1 is 1.25 bits per heavy atom. The highest BCUT2D eigenvalue weighted by atomic mass is 35.5. The van der Waals surface area contributed by atoms with Crippen molar-refractivity contribution in [3.05, 3.63) is 40.3 Å². The van der Waals surface area contributed by atoms with E-state index in [1.54, 1.807) is 0 Å². The third kappa shape index (κ3) is 1.90. The molecule has 84 valence electrons. The lowest BCUT2D eigenvalue weighted by atomic mass is 10.0. The predicted octanol–water partition coefficient (Wildman–Crippen LogP) is 4.46. The Morgan fingerprint density at radius 3 is 2.56 bits per heavy atom. The topological polar surface area (TPSA) is 12.9 Å². The highest BCUT2D eigenvalue weighted by molar-refractivity contribution is 6.30. The molecule has 0 aliphatic carbocycles. The van der Waals surface area contributed by atoms with Crippen LogP contribution < -0.4 is 0 Å². The molecule has 0 saturated carbocycles. The van der Waals surface area contributed by atoms with Crippen molar-refractivity contribution in [3.63, 3.8) is 0 Å². The van der Waals surface area contributed by atoms with Gasteiger partial charge in [-0.2, -0.15) is 0 Å². The first-order valence-electron chi connectivity index (χ1n) is 5.25. The smallest absolute Gasteiger partial charge is 0.149 e. The first-order valence-corrected chi connectivity index (χ1v) is 5.63. The van der Waals surface area contributed by atoms with E-state index in [0.717, 1.165) is 16.5 Å². The molecule has 0 bridgehead atoms. The maximum absolute atomic E-state index is 13.6. The van der Waals surface area contributed by atoms with Gasteiger partial charge in [-0.25, -0.2) is 9.37 Å². The van der Waals surface area contributed by atoms with E-state index in [1.165, 1.54) is 6.07 Å². The SMILES string of the molecule is Cc1cc(F)c2nc(Cl)c(C(C)C)cc2c1. The predicted molar refractivity (Wildman–Crippen MR) is 65.5 cm³/mol. The number of aryl methyl sites for hydroxylation is 1. The van der Waals surface area contributed by atoms with Gasteiger partial charge in [0.25, 0.3) is 0 Å². The summed E-state index contributed by atoms with van der Waals surface area (Å²) in [6, 6.07) is 5.32. The van der Waals surface area contributed by atoms with Gasteiger partial charge in [0.05, 0.1) is 0 Å². The summed E-state index contributed by atoms with van der Waals surface area (Å²) in [5.74, 6) is -0.0276. The maximum atomic E-state index is 13.6. The van der Waals surface area contributed by atoms with Crippen molar-refractivity contribution in [2.24, 2.45) is 0 Å². The van der Waals surface area contributed by atoms with Crippen molar-refractivity contribution in [3.8, 4) is 0 Å². The van der Waals surface area contributed by atoms with Crippen molar-refractivity contribution < 1.29 is 4.39 Å². The molecule has 1 aromatic heterocycles. The molecule has 2 rings (SSSR count). The minimum atomic E-state index is -0.313. The van der Waals surface area contributed by atoms with E-state index in [9.17, 15) is 4.39 Å². The van der Waals surface area contributed by atoms with Gasteiger partial charge >= 0.3 is 0 Å². The molecule has 0 saturated heterocycles. The van der Waals surface area contributed by atoms with Crippen LogP contribution >= 0.6 is 11.6 Å². The number of halogens is 2. The number of nitrogens with zero attached hydrogens (tertiary/aromatic N) is 1. The minimum Gasteiger partial charge on any atom is -0.233 e. The molecule has 16 heavy (non-hydrogen) atoms. The second-order valence-electron chi connectivity index (χ2n) is 4.34. The molecule has 0 atom stereocenters. The van der Waals surface area contributed by atoms with Gasteiger partial charge in [-0.3, -0.25) is 0 Å². The van der Waals surface area contributed by atoms with E-state index < -0.39 is 0 Å². The number of benzene rings is 1. The van der Waals surface area contributed by atoms with Gasteiger partial charge in [0.15, 0.2) is 0 Å². The molecular weight excluding hydrogens is 225 g/mol. The lowest BCUT2D eigenvalue weighted by Crippen LogP contribution is -1.95. The Labute approximate surface area is 99.3 Å². The van der Waals surface area contributed by atoms with Crippen molar-refractivity contribution in [2.75, 3.05) is 0 Å². The van der Waals surface area contributed by atoms with Gasteiger partial charge in [0, 0.05) is 5.39 Å². The van der Waals surface area contributed by atoms with Gasteiger partial charge < -0.3 is 0 Å². The third-order valence-electron chi connectivity index (χ3n) is 2.62. The van der Waals surface area contributed by atoms with Crippen molar-refractivity contribution in [2.45, 2.75) is 26.7 Å². The summed E-state index contributed by atoms with van der Waals surface area (Å²) in [5, 5.41) is 1.20. The van der Waals surface area contributed by atoms with Crippen LogP contribution in [0.2, 0.25) is 5.15 Å². The van der Waals surface area contributed by atoms with E-state index in [4.69, 9.17) is 11.6 Å². The number of rotatable bonds is 1. The van der Waals surface area contributed by atoms with Crippen LogP contribution in [0, 0.1) is 12.7 Å². The van der Waals surface area contributed by atoms with Gasteiger partial charge in [-0.15, -0.1) is 0 Å². The van der Waals surface area contributed by atoms with Gasteiger partial charge in [0.1, 0.15) is 16.5 Å². The molecule has 0 fully saturated rings. The summed E-state index contributed by atoms with van der Waals surface area (Å²) < 4.78 is 13.6. The molecule has 0 N–H and O–H groups in total. The summed E-state index contributed by atoms with van der Waals surface area (Å²) >= 11 is 6.03. The molecule has 0 aliphatic rings. The fourth-order valence-electron chi connectivity index (χ4n) is 1.78. The van der Waals surface area contributed by atoms with E-state index in [0.29, 0.717) is 10.7 Å². The molecule has 1 aromatic carbocycles. The van der Waals surface area contributed by atoms with E-state index in [1.807, 2.05) is 32.9 Å². The molecule has 3 heteroatoms. The van der Waals surface area contributed by atoms with Crippen LogP contribution in [0.4, 0.5) is 4.39 Å². The Hall–Kier alpha value is -1.15. The second kappa shape index (κ2) is 4.02. The molecule has 2 aromatic rings. The lowest BCUT2D eigenvalue weighted by molar-refractivity contribution is 0.635. The van der Waals surface area contributed by atoms with Crippen molar-refractivity contribution in [1.82, 2.24) is 4.98 Å². The quantitative estimate of drug-likeness (QED) is 0.668. The van der Waals surface area contributed by atoms with Crippen LogP contribution in [-0.2, 0) is 0 Å². The largest absolute Gasteiger partial charge is 0.233 e. The molecule has 0 aliphatic heterocycles. The fraction of sp³-hybridized carbons (Fsp3) is 0.308. The van der Waals surface area contributed by atoms with Gasteiger partial charge in [0.2, 0.25) is 0 Å². The summed E-state index contributed by atoms with van der Waals surface area (Å²) in [5.41, 5.74) is 2.20. The lowest BCUT2D eigenvalue weighted by Gasteiger charge is -2.10. The molecule has 0 spiro atoms. The van der Waals surface area contributed by atoms with Crippen LogP contribution in [0.25, 0.3) is 10.9 Å². The van der Waals surface area contributed by atoms with Crippen LogP contribution in [0.5, 0.6) is 0 Å². The average Bonchev–Trinajstić information content (AvgIpc) is 2.18. The van der Waals surface area contributed by atoms with Crippen molar-refractivity contribution >= 4 is 22.5 Å². The fourth-order valence-corrected chi connectivity index (χ4v) is 2.14. The zero-order chi connectivity index (χ0) is 11.9. The Balaban J connectivity index is 2.79. The molecule has 0 radical (unpaired) electrons. The van der Waals surface area contributed by atoms with Crippen LogP contribution in [-0.4, -0.2) is 4.98 Å². The second-order valence-corrected chi connectivity index (χ2v) is 4.70. The number of aromatic nitrogens is 1. The standard InChI is InChI=1S/C13H13ClFN/c1-7(2)10-6-9-4-8(3)5-11(15)12(9)16-13(10)14/h4-7H,1-3H3. The third-order valence-corrected chi connectivity index (χ3v) is 2.92. The van der Waals surface area contributed by atoms with Crippen molar-refractivity contribution in [1.29, 1.82) is 0 Å². The normalized spacial score (nSPS) is 11.4. The number of fused-ring (bicyclic) bond motifs is 1. The van der Waals surface area contributed by atoms with Gasteiger partial charge in [-0.1, -0.05) is 25.4 Å². The summed E-state index contributed by atoms with van der Waals surface area (Å²) in [7, 11) is 0. The molecular formula is C13H13ClFN. The Kier molecular flexibility index (Phi) is 2.85. The number of hydrogen-bond acceptors (Lipinski definition) is 1. The Morgan fingerprint density at radius 2 is 1.94 bits per heavy atom. The number of hydrogen-bond donors (Lipinski definition) is 0. The summed E-state index contributed by atoms with van der Waals surface area (Å²) in [6.45, 7) is 5.95. The molecule has 0 unspecified atom stereocenters. The van der Waals surface area contributed by atoms with E-state index in [-0.39, 0.29) is 11.7 Å². The van der Waals surface area contributed by atoms with Crippen LogP contribution in [0.3, 0.4) is 0 Å². The van der Waals surface area contributed by atoms with E-state index in [2.05, 4.69) is 4.98 Å². The maximum Gasteiger partial charge on any atom is 0.149 e. The monoisotopic (exact) mass is 237 g/mol. The highest BCUT2D eigenvalue weighted by Crippen LogP contribution is 2.28. The first-order chi connectivity index (χ1) is 7.49. The average molecular weight is 238 g/mol. The zero-order valence-electron chi connectivity index (χ0n) is 9.51. The van der Waals surface area contributed by atoms with E-state index >= 15 is 0 Å². The highest BCUT2D eigenvalue weighted by Gasteiger charge is 2.11. The van der Waals surface area contributed by atoms with Gasteiger partial charge in [-0.05, 0) is 42.2 Å². The zero-order valence-corrected chi connectivity index (χ0v) is 10.3. The number of pyridine rings is 1. The summed E-state index contributed by atoms with van der Waals surface area (Å²) in [6.07, 6.45) is 0. The summed E-state index contributed by atoms with van der Waals surface area (Å²) in [4.78, 5) is 4.13. The van der Waals surface area contributed by atoms with Crippen LogP contribution in [0.1, 0.15) is 30.9 Å². The van der Waals surface area contributed by atoms with Crippen LogP contribution in [0.15, 0.2) is 18.2 Å². The minimum absolute atomic E-state index is 0.285. The molecule has 1 heterocycles. The first kappa shape index (κ1) is 11.3.